The van der Waals surface area contributed by atoms with Gasteiger partial charge in [-0.2, -0.15) is 0 Å². The molecule has 0 aliphatic carbocycles. The summed E-state index contributed by atoms with van der Waals surface area (Å²) in [6, 6.07) is 4.71. The van der Waals surface area contributed by atoms with Crippen LogP contribution in [0.3, 0.4) is 0 Å². The largest absolute Gasteiger partial charge is 0.355 e. The van der Waals surface area contributed by atoms with Crippen molar-refractivity contribution in [3.8, 4) is 0 Å². The SMILES string of the molecule is CCCCNC(=O)C(C)N1CCN(C(=O)c2ccc(Cl)cc2Cl)CC1. The first-order chi connectivity index (χ1) is 11.9. The van der Waals surface area contributed by atoms with E-state index in [1.54, 1.807) is 23.1 Å². The minimum absolute atomic E-state index is 0.0500. The van der Waals surface area contributed by atoms with E-state index in [-0.39, 0.29) is 17.9 Å². The Balaban J connectivity index is 1.88. The van der Waals surface area contributed by atoms with Crippen LogP contribution in [0.25, 0.3) is 0 Å². The van der Waals surface area contributed by atoms with Crippen molar-refractivity contribution in [2.75, 3.05) is 32.7 Å². The number of nitrogens with one attached hydrogen (secondary N) is 1. The molecule has 0 spiro atoms. The summed E-state index contributed by atoms with van der Waals surface area (Å²) in [7, 11) is 0. The van der Waals surface area contributed by atoms with E-state index in [4.69, 9.17) is 23.2 Å². The molecule has 0 bridgehead atoms. The van der Waals surface area contributed by atoms with Crippen LogP contribution >= 0.6 is 23.2 Å². The number of amides is 2. The number of rotatable bonds is 6. The number of piperazine rings is 1. The number of hydrogen-bond acceptors (Lipinski definition) is 3. The molecule has 0 aromatic heterocycles. The lowest BCUT2D eigenvalue weighted by atomic mass is 10.1. The van der Waals surface area contributed by atoms with Crippen LogP contribution in [0.2, 0.25) is 10.0 Å². The first kappa shape index (κ1) is 20.0. The van der Waals surface area contributed by atoms with Crippen molar-refractivity contribution < 1.29 is 9.59 Å². The molecule has 2 amide bonds. The second-order valence-electron chi connectivity index (χ2n) is 6.27. The zero-order valence-electron chi connectivity index (χ0n) is 14.7. The highest BCUT2D eigenvalue weighted by Gasteiger charge is 2.28. The number of halogens is 2. The molecule has 1 N–H and O–H groups in total. The summed E-state index contributed by atoms with van der Waals surface area (Å²) in [4.78, 5) is 28.7. The van der Waals surface area contributed by atoms with Gasteiger partial charge < -0.3 is 10.2 Å². The number of benzene rings is 1. The van der Waals surface area contributed by atoms with E-state index in [1.165, 1.54) is 0 Å². The molecule has 0 radical (unpaired) electrons. The van der Waals surface area contributed by atoms with E-state index in [1.807, 2.05) is 6.92 Å². The second kappa shape index (κ2) is 9.41. The Morgan fingerprint density at radius 2 is 1.88 bits per heavy atom. The Kier molecular flexibility index (Phi) is 7.54. The fraction of sp³-hybridized carbons (Fsp3) is 0.556. The van der Waals surface area contributed by atoms with Crippen LogP contribution in [0.15, 0.2) is 18.2 Å². The predicted octanol–water partition coefficient (Wildman–Crippen LogP) is 3.06. The van der Waals surface area contributed by atoms with Crippen molar-refractivity contribution in [2.24, 2.45) is 0 Å². The second-order valence-corrected chi connectivity index (χ2v) is 7.12. The van der Waals surface area contributed by atoms with Crippen molar-refractivity contribution in [1.29, 1.82) is 0 Å². The van der Waals surface area contributed by atoms with Crippen LogP contribution < -0.4 is 5.32 Å². The fourth-order valence-electron chi connectivity index (χ4n) is 2.85. The van der Waals surface area contributed by atoms with E-state index in [0.717, 1.165) is 12.8 Å². The number of nitrogens with zero attached hydrogens (tertiary/aromatic N) is 2. The molecular formula is C18H25Cl2N3O2. The zero-order chi connectivity index (χ0) is 18.4. The average Bonchev–Trinajstić information content (AvgIpc) is 2.61. The van der Waals surface area contributed by atoms with Gasteiger partial charge >= 0.3 is 0 Å². The summed E-state index contributed by atoms with van der Waals surface area (Å²) in [6.45, 7) is 7.20. The Hall–Kier alpha value is -1.30. The Morgan fingerprint density at radius 1 is 1.20 bits per heavy atom. The van der Waals surface area contributed by atoms with Gasteiger partial charge in [-0.1, -0.05) is 36.5 Å². The lowest BCUT2D eigenvalue weighted by Crippen LogP contribution is -2.55. The van der Waals surface area contributed by atoms with Crippen LogP contribution in [0.1, 0.15) is 37.0 Å². The average molecular weight is 386 g/mol. The van der Waals surface area contributed by atoms with Crippen molar-refractivity contribution in [1.82, 2.24) is 15.1 Å². The van der Waals surface area contributed by atoms with Gasteiger partial charge in [-0.05, 0) is 31.5 Å². The predicted molar refractivity (Wildman–Crippen MR) is 101 cm³/mol. The summed E-state index contributed by atoms with van der Waals surface area (Å²) in [5.41, 5.74) is 0.463. The molecule has 0 saturated carbocycles. The third-order valence-corrected chi connectivity index (χ3v) is 5.07. The lowest BCUT2D eigenvalue weighted by Gasteiger charge is -2.37. The Morgan fingerprint density at radius 3 is 2.48 bits per heavy atom. The summed E-state index contributed by atoms with van der Waals surface area (Å²) in [5, 5.41) is 3.84. The molecule has 1 heterocycles. The Bertz CT molecular complexity index is 616. The quantitative estimate of drug-likeness (QED) is 0.765. The highest BCUT2D eigenvalue weighted by atomic mass is 35.5. The third-order valence-electron chi connectivity index (χ3n) is 4.52. The molecule has 1 unspecified atom stereocenters. The van der Waals surface area contributed by atoms with Crippen molar-refractivity contribution in [2.45, 2.75) is 32.7 Å². The third kappa shape index (κ3) is 5.33. The normalized spacial score (nSPS) is 16.6. The molecule has 7 heteroatoms. The van der Waals surface area contributed by atoms with Gasteiger partial charge in [0.05, 0.1) is 16.6 Å². The van der Waals surface area contributed by atoms with Crippen molar-refractivity contribution in [3.05, 3.63) is 33.8 Å². The number of carbonyl (C=O) groups excluding carboxylic acids is 2. The van der Waals surface area contributed by atoms with Gasteiger partial charge in [-0.3, -0.25) is 14.5 Å². The molecule has 138 valence electrons. The highest BCUT2D eigenvalue weighted by molar-refractivity contribution is 6.36. The Labute approximate surface area is 159 Å². The van der Waals surface area contributed by atoms with Crippen molar-refractivity contribution in [3.63, 3.8) is 0 Å². The maximum absolute atomic E-state index is 12.6. The van der Waals surface area contributed by atoms with Crippen LogP contribution in [0, 0.1) is 0 Å². The van der Waals surface area contributed by atoms with Crippen LogP contribution in [-0.2, 0) is 4.79 Å². The van der Waals surface area contributed by atoms with Gasteiger partial charge in [0, 0.05) is 37.7 Å². The topological polar surface area (TPSA) is 52.7 Å². The standard InChI is InChI=1S/C18H25Cl2N3O2/c1-3-4-7-21-17(24)13(2)22-8-10-23(11-9-22)18(25)15-6-5-14(19)12-16(15)20/h5-6,12-13H,3-4,7-11H2,1-2H3,(H,21,24). The molecular weight excluding hydrogens is 361 g/mol. The lowest BCUT2D eigenvalue weighted by molar-refractivity contribution is -0.126. The highest BCUT2D eigenvalue weighted by Crippen LogP contribution is 2.23. The first-order valence-electron chi connectivity index (χ1n) is 8.70. The van der Waals surface area contributed by atoms with Crippen LogP contribution in [0.5, 0.6) is 0 Å². The summed E-state index contributed by atoms with van der Waals surface area (Å²) in [6.07, 6.45) is 2.05. The smallest absolute Gasteiger partial charge is 0.255 e. The van der Waals surface area contributed by atoms with Gasteiger partial charge in [-0.15, -0.1) is 0 Å². The number of carbonyl (C=O) groups is 2. The van der Waals surface area contributed by atoms with E-state index in [2.05, 4.69) is 17.1 Å². The minimum Gasteiger partial charge on any atom is -0.355 e. The molecule has 25 heavy (non-hydrogen) atoms. The number of hydrogen-bond donors (Lipinski definition) is 1. The molecule has 1 saturated heterocycles. The molecule has 1 aliphatic rings. The fourth-order valence-corrected chi connectivity index (χ4v) is 3.34. The molecule has 1 aliphatic heterocycles. The van der Waals surface area contributed by atoms with E-state index < -0.39 is 0 Å². The van der Waals surface area contributed by atoms with E-state index in [0.29, 0.717) is 48.3 Å². The molecule has 1 aromatic rings. The van der Waals surface area contributed by atoms with Gasteiger partial charge in [0.2, 0.25) is 5.91 Å². The van der Waals surface area contributed by atoms with Gasteiger partial charge in [0.1, 0.15) is 0 Å². The first-order valence-corrected chi connectivity index (χ1v) is 9.45. The summed E-state index contributed by atoms with van der Waals surface area (Å²) < 4.78 is 0. The maximum atomic E-state index is 12.6. The van der Waals surface area contributed by atoms with Crippen LogP contribution in [0.4, 0.5) is 0 Å². The van der Waals surface area contributed by atoms with E-state index >= 15 is 0 Å². The summed E-state index contributed by atoms with van der Waals surface area (Å²) >= 11 is 12.0. The monoisotopic (exact) mass is 385 g/mol. The minimum atomic E-state index is -0.187. The molecule has 5 nitrogen and oxygen atoms in total. The molecule has 1 fully saturated rings. The molecule has 1 atom stereocenters. The van der Waals surface area contributed by atoms with Gasteiger partial charge in [0.15, 0.2) is 0 Å². The van der Waals surface area contributed by atoms with Gasteiger partial charge in [0.25, 0.3) is 5.91 Å². The van der Waals surface area contributed by atoms with Gasteiger partial charge in [-0.25, -0.2) is 0 Å². The zero-order valence-corrected chi connectivity index (χ0v) is 16.2. The number of unbranched alkanes of at least 4 members (excludes halogenated alkanes) is 1. The van der Waals surface area contributed by atoms with Crippen molar-refractivity contribution >= 4 is 35.0 Å². The summed E-state index contributed by atoms with van der Waals surface area (Å²) in [5.74, 6) is -0.0460. The van der Waals surface area contributed by atoms with Crippen LogP contribution in [-0.4, -0.2) is 60.4 Å². The molecule has 2 rings (SSSR count). The molecule has 1 aromatic carbocycles. The van der Waals surface area contributed by atoms with E-state index in [9.17, 15) is 9.59 Å². The maximum Gasteiger partial charge on any atom is 0.255 e.